The monoisotopic (exact) mass is 422 g/mol. The highest BCUT2D eigenvalue weighted by atomic mass is 16.6. The van der Waals surface area contributed by atoms with Gasteiger partial charge in [-0.15, -0.1) is 0 Å². The zero-order valence-corrected chi connectivity index (χ0v) is 18.6. The number of ether oxygens (including phenoxy) is 1. The summed E-state index contributed by atoms with van der Waals surface area (Å²) in [6, 6.07) is 14.3. The molecule has 0 radical (unpaired) electrons. The van der Waals surface area contributed by atoms with E-state index in [1.54, 1.807) is 11.0 Å². The Kier molecular flexibility index (Phi) is 6.68. The molecule has 3 rings (SSSR count). The molecular weight excluding hydrogens is 392 g/mol. The van der Waals surface area contributed by atoms with Crippen LogP contribution in [-0.2, 0) is 9.53 Å². The molecule has 1 aliphatic rings. The number of carboxylic acid groups (broad SMARTS) is 1. The van der Waals surface area contributed by atoms with E-state index in [1.165, 1.54) is 0 Å². The fraction of sp³-hybridized carbons (Fsp3) is 0.360. The van der Waals surface area contributed by atoms with Gasteiger partial charge in [0.15, 0.2) is 0 Å². The van der Waals surface area contributed by atoms with Gasteiger partial charge in [0, 0.05) is 37.9 Å². The predicted molar refractivity (Wildman–Crippen MR) is 123 cm³/mol. The second-order valence-corrected chi connectivity index (χ2v) is 8.75. The summed E-state index contributed by atoms with van der Waals surface area (Å²) >= 11 is 0. The van der Waals surface area contributed by atoms with E-state index < -0.39 is 11.6 Å². The molecule has 1 heterocycles. The minimum absolute atomic E-state index is 0.250. The van der Waals surface area contributed by atoms with E-state index in [2.05, 4.69) is 29.2 Å². The lowest BCUT2D eigenvalue weighted by Crippen LogP contribution is -2.50. The normalized spacial score (nSPS) is 14.7. The average molecular weight is 423 g/mol. The van der Waals surface area contributed by atoms with Crippen molar-refractivity contribution in [3.63, 3.8) is 0 Å². The van der Waals surface area contributed by atoms with Gasteiger partial charge in [-0.1, -0.05) is 30.3 Å². The third-order valence-corrected chi connectivity index (χ3v) is 5.14. The molecule has 31 heavy (non-hydrogen) atoms. The van der Waals surface area contributed by atoms with Crippen LogP contribution in [0.25, 0.3) is 17.2 Å². The van der Waals surface area contributed by atoms with Crippen LogP contribution < -0.4 is 4.90 Å². The van der Waals surface area contributed by atoms with Crippen molar-refractivity contribution in [1.82, 2.24) is 4.90 Å². The van der Waals surface area contributed by atoms with Gasteiger partial charge in [0.1, 0.15) is 5.60 Å². The molecule has 0 aliphatic carbocycles. The molecule has 2 aromatic carbocycles. The molecule has 0 saturated carbocycles. The molecule has 0 unspecified atom stereocenters. The summed E-state index contributed by atoms with van der Waals surface area (Å²) in [5.41, 5.74) is 4.84. The molecule has 0 aromatic heterocycles. The van der Waals surface area contributed by atoms with Crippen molar-refractivity contribution in [2.24, 2.45) is 0 Å². The minimum Gasteiger partial charge on any atom is -0.478 e. The second-order valence-electron chi connectivity index (χ2n) is 8.75. The molecule has 0 spiro atoms. The van der Waals surface area contributed by atoms with Gasteiger partial charge in [-0.3, -0.25) is 0 Å². The third kappa shape index (κ3) is 6.10. The van der Waals surface area contributed by atoms with Gasteiger partial charge in [-0.25, -0.2) is 9.59 Å². The predicted octanol–water partition coefficient (Wildman–Crippen LogP) is 4.82. The number of rotatable bonds is 4. The quantitative estimate of drug-likeness (QED) is 0.716. The van der Waals surface area contributed by atoms with E-state index in [1.807, 2.05) is 45.9 Å². The van der Waals surface area contributed by atoms with Crippen LogP contribution in [0, 0.1) is 6.92 Å². The highest BCUT2D eigenvalue weighted by Crippen LogP contribution is 2.27. The van der Waals surface area contributed by atoms with Crippen LogP contribution in [0.5, 0.6) is 0 Å². The van der Waals surface area contributed by atoms with Gasteiger partial charge in [-0.05, 0) is 68.2 Å². The smallest absolute Gasteiger partial charge is 0.410 e. The van der Waals surface area contributed by atoms with Gasteiger partial charge in [-0.2, -0.15) is 0 Å². The fourth-order valence-corrected chi connectivity index (χ4v) is 3.61. The van der Waals surface area contributed by atoms with E-state index >= 15 is 0 Å². The molecule has 1 N–H and O–H groups in total. The number of carbonyl (C=O) groups excluding carboxylic acids is 1. The number of carboxylic acids is 1. The molecule has 0 bridgehead atoms. The van der Waals surface area contributed by atoms with Crippen molar-refractivity contribution in [2.45, 2.75) is 33.3 Å². The van der Waals surface area contributed by atoms with Crippen LogP contribution in [0.3, 0.4) is 0 Å². The van der Waals surface area contributed by atoms with Crippen LogP contribution in [-0.4, -0.2) is 53.8 Å². The van der Waals surface area contributed by atoms with Crippen molar-refractivity contribution in [1.29, 1.82) is 0 Å². The highest BCUT2D eigenvalue weighted by molar-refractivity contribution is 5.85. The second kappa shape index (κ2) is 9.25. The Morgan fingerprint density at radius 2 is 1.65 bits per heavy atom. The lowest BCUT2D eigenvalue weighted by molar-refractivity contribution is -0.131. The summed E-state index contributed by atoms with van der Waals surface area (Å²) in [5, 5.41) is 8.78. The first-order valence-corrected chi connectivity index (χ1v) is 10.5. The topological polar surface area (TPSA) is 70.1 Å². The Labute approximate surface area is 183 Å². The number of anilines is 1. The molecule has 0 atom stereocenters. The standard InChI is InChI=1S/C25H30N2O4/c1-18-17-19(6-12-23(28)29)5-11-22(18)20-7-9-21(10-8-20)26-13-15-27(16-14-26)24(30)31-25(2,3)4/h5-12,17H,13-16H2,1-4H3,(H,28,29)/b12-6+. The maximum atomic E-state index is 12.2. The molecule has 6 nitrogen and oxygen atoms in total. The van der Waals surface area contributed by atoms with E-state index in [9.17, 15) is 9.59 Å². The van der Waals surface area contributed by atoms with Gasteiger partial charge in [0.2, 0.25) is 0 Å². The van der Waals surface area contributed by atoms with E-state index in [4.69, 9.17) is 9.84 Å². The maximum Gasteiger partial charge on any atom is 0.410 e. The first-order chi connectivity index (χ1) is 14.6. The molecule has 1 fully saturated rings. The van der Waals surface area contributed by atoms with E-state index in [-0.39, 0.29) is 6.09 Å². The van der Waals surface area contributed by atoms with Gasteiger partial charge < -0.3 is 19.6 Å². The Balaban J connectivity index is 1.64. The summed E-state index contributed by atoms with van der Waals surface area (Å²) in [5.74, 6) is -0.954. The number of hydrogen-bond donors (Lipinski definition) is 1. The largest absolute Gasteiger partial charge is 0.478 e. The lowest BCUT2D eigenvalue weighted by Gasteiger charge is -2.36. The van der Waals surface area contributed by atoms with Gasteiger partial charge in [0.25, 0.3) is 0 Å². The SMILES string of the molecule is Cc1cc(/C=C/C(=O)O)ccc1-c1ccc(N2CCN(C(=O)OC(C)(C)C)CC2)cc1. The molecule has 1 amide bonds. The summed E-state index contributed by atoms with van der Waals surface area (Å²) in [4.78, 5) is 27.0. The average Bonchev–Trinajstić information content (AvgIpc) is 2.71. The number of piperazine rings is 1. The summed E-state index contributed by atoms with van der Waals surface area (Å²) in [7, 11) is 0. The molecule has 2 aromatic rings. The third-order valence-electron chi connectivity index (χ3n) is 5.14. The molecule has 1 saturated heterocycles. The maximum absolute atomic E-state index is 12.2. The van der Waals surface area contributed by atoms with Crippen molar-refractivity contribution in [3.8, 4) is 11.1 Å². The number of amides is 1. The van der Waals surface area contributed by atoms with Crippen LogP contribution in [0.4, 0.5) is 10.5 Å². The van der Waals surface area contributed by atoms with Crippen molar-refractivity contribution >= 4 is 23.8 Å². The summed E-state index contributed by atoms with van der Waals surface area (Å²) in [6.45, 7) is 10.5. The van der Waals surface area contributed by atoms with Gasteiger partial charge in [0.05, 0.1) is 0 Å². The van der Waals surface area contributed by atoms with Crippen molar-refractivity contribution in [3.05, 3.63) is 59.7 Å². The lowest BCUT2D eigenvalue weighted by atomic mass is 9.98. The summed E-state index contributed by atoms with van der Waals surface area (Å²) in [6.07, 6.45) is 2.49. The Morgan fingerprint density at radius 3 is 2.19 bits per heavy atom. The zero-order valence-electron chi connectivity index (χ0n) is 18.6. The first-order valence-electron chi connectivity index (χ1n) is 10.5. The molecule has 6 heteroatoms. The number of carbonyl (C=O) groups is 2. The molecular formula is C25H30N2O4. The molecule has 1 aliphatic heterocycles. The van der Waals surface area contributed by atoms with Crippen molar-refractivity contribution in [2.75, 3.05) is 31.1 Å². The number of hydrogen-bond acceptors (Lipinski definition) is 4. The fourth-order valence-electron chi connectivity index (χ4n) is 3.61. The zero-order chi connectivity index (χ0) is 22.6. The van der Waals surface area contributed by atoms with Crippen LogP contribution >= 0.6 is 0 Å². The Morgan fingerprint density at radius 1 is 1.00 bits per heavy atom. The van der Waals surface area contributed by atoms with Crippen LogP contribution in [0.15, 0.2) is 48.5 Å². The number of nitrogens with zero attached hydrogens (tertiary/aromatic N) is 2. The number of benzene rings is 2. The van der Waals surface area contributed by atoms with E-state index in [0.29, 0.717) is 13.1 Å². The van der Waals surface area contributed by atoms with E-state index in [0.717, 1.165) is 47.1 Å². The Bertz CT molecular complexity index is 966. The minimum atomic E-state index is -0.954. The van der Waals surface area contributed by atoms with Gasteiger partial charge >= 0.3 is 12.1 Å². The first kappa shape index (κ1) is 22.4. The van der Waals surface area contributed by atoms with Crippen molar-refractivity contribution < 1.29 is 19.4 Å². The van der Waals surface area contributed by atoms with Crippen LogP contribution in [0.1, 0.15) is 31.9 Å². The van der Waals surface area contributed by atoms with Crippen LogP contribution in [0.2, 0.25) is 0 Å². The Hall–Kier alpha value is -3.28. The highest BCUT2D eigenvalue weighted by Gasteiger charge is 2.25. The number of aliphatic carboxylic acids is 1. The molecule has 164 valence electrons. The number of aryl methyl sites for hydroxylation is 1. The summed E-state index contributed by atoms with van der Waals surface area (Å²) < 4.78 is 5.46.